The number of anilines is 12. The Kier molecular flexibility index (Phi) is 45.2. The maximum Gasteiger partial charge on any atom is 0.224 e. The van der Waals surface area contributed by atoms with Gasteiger partial charge in [0.05, 0.1) is 39.3 Å². The molecule has 0 bridgehead atoms. The van der Waals surface area contributed by atoms with Gasteiger partial charge < -0.3 is 95.1 Å². The molecule has 0 fully saturated rings. The number of nitrogens with two attached hydrogens (primary N) is 6. The summed E-state index contributed by atoms with van der Waals surface area (Å²) in [6, 6.07) is 19.9. The fourth-order valence-electron chi connectivity index (χ4n) is 16.9. The lowest BCUT2D eigenvalue weighted by atomic mass is 9.88. The summed E-state index contributed by atoms with van der Waals surface area (Å²) in [7, 11) is 0. The van der Waals surface area contributed by atoms with Gasteiger partial charge in [0.1, 0.15) is 75.4 Å². The molecule has 766 valence electrons. The van der Waals surface area contributed by atoms with Crippen molar-refractivity contribution in [3.63, 3.8) is 0 Å². The van der Waals surface area contributed by atoms with Gasteiger partial charge in [-0.2, -0.15) is 34.9 Å². The van der Waals surface area contributed by atoms with Crippen molar-refractivity contribution in [2.75, 3.05) is 66.3 Å². The molecule has 8 heterocycles. The summed E-state index contributed by atoms with van der Waals surface area (Å²) in [6.07, 6.45) is 35.6. The molecule has 0 unspecified atom stereocenters. The van der Waals surface area contributed by atoms with E-state index >= 15 is 0 Å². The number of unbranched alkanes of at least 4 members (excludes halogenated alkanes) is 6. The lowest BCUT2D eigenvalue weighted by Crippen LogP contribution is -2.36. The van der Waals surface area contributed by atoms with Crippen molar-refractivity contribution in [3.8, 4) is 0 Å². The number of rotatable bonds is 48. The number of carbonyl (C=O) groups excluding carboxylic acids is 6. The maximum atomic E-state index is 13.7. The number of nitrogens with zero attached hydrogens (tertiary/aromatic N) is 14. The number of halogens is 3. The zero-order chi connectivity index (χ0) is 104. The number of aryl methyl sites for hydroxylation is 1. The zero-order valence-corrected chi connectivity index (χ0v) is 86.5. The Morgan fingerprint density at radius 3 is 1.03 bits per heavy atom. The van der Waals surface area contributed by atoms with E-state index in [-0.39, 0.29) is 103 Å². The predicted octanol–water partition coefficient (Wildman–Crippen LogP) is 22.6. The number of hydrogen-bond donors (Lipinski definition) is 12. The molecule has 0 saturated carbocycles. The van der Waals surface area contributed by atoms with Crippen LogP contribution in [-0.4, -0.2) is 138 Å². The van der Waals surface area contributed by atoms with Crippen LogP contribution in [0.4, 0.5) is 83.8 Å². The van der Waals surface area contributed by atoms with Crippen molar-refractivity contribution in [3.05, 3.63) is 120 Å². The second-order valence-electron chi connectivity index (χ2n) is 39.4. The highest BCUT2D eigenvalue weighted by Gasteiger charge is 2.34. The molecular weight excluding hydrogens is 1790 g/mol. The Labute approximate surface area is 829 Å². The molecule has 1 aliphatic carbocycles. The highest BCUT2D eigenvalue weighted by Crippen LogP contribution is 2.38. The van der Waals surface area contributed by atoms with E-state index in [4.69, 9.17) is 34.4 Å². The summed E-state index contributed by atoms with van der Waals surface area (Å²) in [4.78, 5) is 128. The van der Waals surface area contributed by atoms with E-state index in [2.05, 4.69) is 178 Å². The lowest BCUT2D eigenvalue weighted by molar-refractivity contribution is -0.118. The normalized spacial score (nSPS) is 14.1. The Balaban J connectivity index is 0.000000230. The maximum absolute atomic E-state index is 13.7. The molecule has 12 rings (SSSR count). The van der Waals surface area contributed by atoms with Gasteiger partial charge in [-0.05, 0) is 234 Å². The molecule has 18 N–H and O–H groups in total. The highest BCUT2D eigenvalue weighted by atomic mass is 19.2. The molecule has 8 aromatic heterocycles. The van der Waals surface area contributed by atoms with E-state index in [9.17, 15) is 41.9 Å². The Morgan fingerprint density at radius 2 is 0.624 bits per heavy atom. The fourth-order valence-corrected chi connectivity index (χ4v) is 16.9. The molecule has 1 aliphatic rings. The summed E-state index contributed by atoms with van der Waals surface area (Å²) in [6.45, 7) is 35.3. The van der Waals surface area contributed by atoms with Crippen LogP contribution >= 0.6 is 0 Å². The largest absolute Gasteiger partial charge is 0.368 e. The van der Waals surface area contributed by atoms with Gasteiger partial charge in [0.25, 0.3) is 0 Å². The predicted molar refractivity (Wildman–Crippen MR) is 567 cm³/mol. The summed E-state index contributed by atoms with van der Waals surface area (Å²) < 4.78 is 40.6. The summed E-state index contributed by atoms with van der Waals surface area (Å²) in [5, 5.41) is 24.7. The molecular formula is C106H155F3N26O6. The number of nitrogens with one attached hydrogen (secondary N) is 6. The first-order chi connectivity index (χ1) is 66.8. The first kappa shape index (κ1) is 115. The van der Waals surface area contributed by atoms with Gasteiger partial charge in [-0.1, -0.05) is 131 Å². The van der Waals surface area contributed by atoms with Crippen molar-refractivity contribution in [2.45, 2.75) is 376 Å². The molecule has 6 atom stereocenters. The number of benzene rings is 3. The molecule has 0 saturated heterocycles. The van der Waals surface area contributed by atoms with E-state index in [1.54, 1.807) is 66.2 Å². The van der Waals surface area contributed by atoms with Crippen LogP contribution in [0.2, 0.25) is 0 Å². The van der Waals surface area contributed by atoms with Crippen LogP contribution in [0.15, 0.2) is 91.4 Å². The number of nitrogen functional groups attached to an aromatic ring is 6. The van der Waals surface area contributed by atoms with Crippen molar-refractivity contribution in [2.24, 2.45) is 0 Å². The van der Waals surface area contributed by atoms with Crippen molar-refractivity contribution in [1.82, 2.24) is 69.8 Å². The van der Waals surface area contributed by atoms with Crippen molar-refractivity contribution >= 4 is 160 Å². The number of fused-ring (bicyclic) bond motifs is 6. The van der Waals surface area contributed by atoms with Crippen LogP contribution in [0.3, 0.4) is 0 Å². The van der Waals surface area contributed by atoms with Crippen molar-refractivity contribution < 1.29 is 41.9 Å². The van der Waals surface area contributed by atoms with Crippen LogP contribution < -0.4 is 66.3 Å². The molecule has 0 amide bonds. The third-order valence-corrected chi connectivity index (χ3v) is 25.4. The fraction of sp³-hybridized carbons (Fsp3) is 0.547. The quantitative estimate of drug-likeness (QED) is 0.0168. The van der Waals surface area contributed by atoms with Gasteiger partial charge in [-0.25, -0.2) is 43.1 Å². The van der Waals surface area contributed by atoms with E-state index in [1.807, 2.05) is 49.4 Å². The minimum Gasteiger partial charge on any atom is -0.368 e. The third-order valence-electron chi connectivity index (χ3n) is 25.4. The zero-order valence-electron chi connectivity index (χ0n) is 86.5. The molecule has 3 aromatic carbocycles. The van der Waals surface area contributed by atoms with E-state index in [0.29, 0.717) is 103 Å². The van der Waals surface area contributed by atoms with Gasteiger partial charge in [0, 0.05) is 123 Å². The smallest absolute Gasteiger partial charge is 0.224 e. The number of pyridine rings is 2. The lowest BCUT2D eigenvalue weighted by Gasteiger charge is -2.33. The van der Waals surface area contributed by atoms with Crippen LogP contribution in [0, 0.1) is 17.5 Å². The SMILES string of the molecule is CCCC[C@](C)(CCC(C)=O)Nc1nc(N)nc2c1CCCC2.CCCC[C@](C)(CCC(C)=O)Nc1nc(N)nc2cc(F)c(F)cc12.CCCC[C@](C)(CCC(C)=O)Nc1nc(N)nc2cc(F)ccc12.CCCC[C@](C)(CCC(C)=O)Nc1nc(N)nc2ccccc12.CCCC[C@](C)(CCC(C)=O)Nc1nc(N)nc2cnccc12.CCCC[C@](C)(CCC(C)=O)Nc1nc(N)nc2ncccc12. The first-order valence-corrected chi connectivity index (χ1v) is 50.0. The Bertz CT molecular complexity index is 5690. The van der Waals surface area contributed by atoms with Gasteiger partial charge in [0.2, 0.25) is 35.7 Å². The van der Waals surface area contributed by atoms with Gasteiger partial charge in [-0.15, -0.1) is 0 Å². The number of para-hydroxylation sites is 1. The summed E-state index contributed by atoms with van der Waals surface area (Å²) in [5.41, 5.74) is 38.6. The summed E-state index contributed by atoms with van der Waals surface area (Å²) >= 11 is 0. The molecule has 0 spiro atoms. The standard InChI is InChI=1S/C18H24F2N4O.C18H25FN4O.C18H30N4O.C18H26N4O.2C17H25N5O/c1-4-5-7-18(3,8-6-11(2)25)24-16-12-9-13(19)14(20)10-15(12)22-17(21)23-16;1-4-5-9-18(3,10-8-12(2)24)23-16-14-7-6-13(19)11-15(14)21-17(20)22-16;2*1-4-5-11-18(3,12-10-13(2)23)22-16-14-8-6-7-9-15(14)20-17(19)21-16;1-4-5-8-17(3,9-6-12(2)23)22-15-13-7-10-19-11-14(13)20-16(18)21-15;1-4-5-9-17(3,10-8-12(2)23)22-15-13-7-6-11-19-14(13)20-16(18)21-15/h9-10H,4-8H2,1-3H3,(H3,21,22,23,24);6-7,11H,4-5,8-10H2,1-3H3,(H3,20,21,22,23);4-12H2,1-3H3,(H3,19,20,21,22);6-9H,4-5,10-12H2,1-3H3,(H3,19,20,21,22);7,10-11H,4-6,8-9H2,1-3H3,(H3,18,20,21,22);6-7,11H,4-5,8-10H2,1-3H3,(H3,18,19,20,21,22)/t4*18-;2*17-/m111111/s1. The van der Waals surface area contributed by atoms with Crippen LogP contribution in [-0.2, 0) is 41.6 Å². The second kappa shape index (κ2) is 55.4. The van der Waals surface area contributed by atoms with Crippen LogP contribution in [0.25, 0.3) is 54.6 Å². The average molecular weight is 1950 g/mol. The van der Waals surface area contributed by atoms with Gasteiger partial charge in [0.15, 0.2) is 17.3 Å². The second-order valence-corrected chi connectivity index (χ2v) is 39.4. The first-order valence-electron chi connectivity index (χ1n) is 50.0. The van der Waals surface area contributed by atoms with E-state index in [0.717, 1.165) is 211 Å². The highest BCUT2D eigenvalue weighted by molar-refractivity contribution is 5.94. The monoisotopic (exact) mass is 1950 g/mol. The number of hydrogen-bond acceptors (Lipinski definition) is 32. The average Bonchev–Trinajstić information content (AvgIpc) is 0.801. The molecule has 0 radical (unpaired) electrons. The molecule has 0 aliphatic heterocycles. The van der Waals surface area contributed by atoms with Gasteiger partial charge in [-0.3, -0.25) is 4.98 Å². The van der Waals surface area contributed by atoms with Crippen molar-refractivity contribution in [1.29, 1.82) is 0 Å². The number of ketones is 6. The number of carbonyl (C=O) groups is 6. The number of aromatic nitrogens is 14. The molecule has 32 nitrogen and oxygen atoms in total. The minimum atomic E-state index is -0.984. The Hall–Kier alpha value is -12.9. The Morgan fingerprint density at radius 1 is 0.312 bits per heavy atom. The molecule has 11 aromatic rings. The van der Waals surface area contributed by atoms with Gasteiger partial charge >= 0.3 is 0 Å². The van der Waals surface area contributed by atoms with E-state index in [1.165, 1.54) is 30.5 Å². The molecule has 141 heavy (non-hydrogen) atoms. The third kappa shape index (κ3) is 38.3. The minimum absolute atomic E-state index is 0.0228. The van der Waals surface area contributed by atoms with Crippen LogP contribution in [0.5, 0.6) is 0 Å². The summed E-state index contributed by atoms with van der Waals surface area (Å²) in [5.74, 6) is 3.83. The van der Waals surface area contributed by atoms with Crippen LogP contribution in [0.1, 0.15) is 341 Å². The number of Topliss-reactive ketones (excluding diaryl/α,β-unsaturated/α-hetero) is 6. The topological polar surface area (TPSA) is 511 Å². The van der Waals surface area contributed by atoms with E-state index < -0.39 is 17.2 Å². The molecule has 35 heteroatoms.